The molecule has 0 saturated carbocycles. The van der Waals surface area contributed by atoms with Gasteiger partial charge in [-0.05, 0) is 30.2 Å². The van der Waals surface area contributed by atoms with E-state index < -0.39 is 0 Å². The summed E-state index contributed by atoms with van der Waals surface area (Å²) < 4.78 is 0. The van der Waals surface area contributed by atoms with Crippen LogP contribution >= 0.6 is 0 Å². The van der Waals surface area contributed by atoms with E-state index >= 15 is 0 Å². The van der Waals surface area contributed by atoms with Crippen LogP contribution in [-0.2, 0) is 4.79 Å². The number of benzene rings is 1. The van der Waals surface area contributed by atoms with E-state index in [0.29, 0.717) is 25.1 Å². The van der Waals surface area contributed by atoms with Crippen molar-refractivity contribution < 1.29 is 9.59 Å². The van der Waals surface area contributed by atoms with Gasteiger partial charge in [-0.3, -0.25) is 9.89 Å². The van der Waals surface area contributed by atoms with E-state index in [-0.39, 0.29) is 18.0 Å². The lowest BCUT2D eigenvalue weighted by Gasteiger charge is -2.30. The van der Waals surface area contributed by atoms with Crippen LogP contribution in [0.4, 0.5) is 10.5 Å². The fourth-order valence-corrected chi connectivity index (χ4v) is 2.63. The molecule has 3 N–H and O–H groups in total. The summed E-state index contributed by atoms with van der Waals surface area (Å²) in [7, 11) is 1.75. The van der Waals surface area contributed by atoms with Crippen LogP contribution in [0.5, 0.6) is 0 Å². The molecule has 3 amide bonds. The van der Waals surface area contributed by atoms with Crippen LogP contribution in [0.1, 0.15) is 12.8 Å². The van der Waals surface area contributed by atoms with Crippen molar-refractivity contribution in [3.63, 3.8) is 0 Å². The number of H-pyrrole nitrogens is 1. The number of urea groups is 1. The normalized spacial score (nSPS) is 17.9. The van der Waals surface area contributed by atoms with Gasteiger partial charge in [-0.25, -0.2) is 4.79 Å². The van der Waals surface area contributed by atoms with Gasteiger partial charge in [0, 0.05) is 37.9 Å². The summed E-state index contributed by atoms with van der Waals surface area (Å²) in [5.74, 6) is 0.123. The molecule has 0 spiro atoms. The predicted molar refractivity (Wildman–Crippen MR) is 86.8 cm³/mol. The first-order valence-corrected chi connectivity index (χ1v) is 7.53. The number of piperidine rings is 1. The number of aromatic amines is 1. The predicted octanol–water partition coefficient (Wildman–Crippen LogP) is 1.82. The molecule has 1 saturated heterocycles. The molecule has 1 aromatic carbocycles. The van der Waals surface area contributed by atoms with Crippen LogP contribution in [0, 0.1) is 0 Å². The molecule has 1 fully saturated rings. The number of nitrogens with zero attached hydrogens (tertiary/aromatic N) is 2. The van der Waals surface area contributed by atoms with Gasteiger partial charge in [0.25, 0.3) is 0 Å². The number of aromatic nitrogens is 2. The highest BCUT2D eigenvalue weighted by atomic mass is 16.2. The van der Waals surface area contributed by atoms with Crippen molar-refractivity contribution >= 4 is 17.6 Å². The second-order valence-electron chi connectivity index (χ2n) is 5.66. The van der Waals surface area contributed by atoms with Crippen LogP contribution in [-0.4, -0.2) is 46.7 Å². The average molecular weight is 313 g/mol. The first kappa shape index (κ1) is 15.1. The molecule has 23 heavy (non-hydrogen) atoms. The molecule has 2 aromatic rings. The van der Waals surface area contributed by atoms with Crippen LogP contribution < -0.4 is 10.6 Å². The van der Waals surface area contributed by atoms with E-state index in [2.05, 4.69) is 20.8 Å². The molecule has 3 rings (SSSR count). The van der Waals surface area contributed by atoms with E-state index in [9.17, 15) is 9.59 Å². The number of likely N-dealkylation sites (tertiary alicyclic amines) is 1. The van der Waals surface area contributed by atoms with Gasteiger partial charge in [0.15, 0.2) is 0 Å². The Balaban J connectivity index is 1.55. The summed E-state index contributed by atoms with van der Waals surface area (Å²) in [6.07, 6.45) is 2.84. The van der Waals surface area contributed by atoms with Crippen molar-refractivity contribution in [2.45, 2.75) is 18.9 Å². The maximum absolute atomic E-state index is 12.0. The number of nitrogens with one attached hydrogen (secondary N) is 3. The number of likely N-dealkylation sites (N-methyl/N-ethyl adjacent to an activating group) is 1. The quantitative estimate of drug-likeness (QED) is 0.807. The maximum atomic E-state index is 12.0. The Morgan fingerprint density at radius 3 is 2.74 bits per heavy atom. The Bertz CT molecular complexity index is 681. The smallest absolute Gasteiger partial charge is 0.319 e. The number of hydrogen-bond donors (Lipinski definition) is 3. The molecule has 0 bridgehead atoms. The number of amides is 3. The van der Waals surface area contributed by atoms with E-state index in [0.717, 1.165) is 11.3 Å². The number of hydrogen-bond acceptors (Lipinski definition) is 3. The van der Waals surface area contributed by atoms with Gasteiger partial charge in [0.2, 0.25) is 5.91 Å². The minimum absolute atomic E-state index is 0.0121. The van der Waals surface area contributed by atoms with Crippen LogP contribution in [0.3, 0.4) is 0 Å². The summed E-state index contributed by atoms with van der Waals surface area (Å²) in [6, 6.07) is 9.12. The molecule has 7 nitrogen and oxygen atoms in total. The molecule has 0 radical (unpaired) electrons. The highest BCUT2D eigenvalue weighted by molar-refractivity contribution is 5.90. The minimum atomic E-state index is -0.257. The fraction of sp³-hybridized carbons (Fsp3) is 0.312. The second kappa shape index (κ2) is 6.51. The average Bonchev–Trinajstić information content (AvgIpc) is 3.06. The summed E-state index contributed by atoms with van der Waals surface area (Å²) in [4.78, 5) is 25.1. The highest BCUT2D eigenvalue weighted by Crippen LogP contribution is 2.19. The largest absolute Gasteiger partial charge is 0.344 e. The van der Waals surface area contributed by atoms with Crippen molar-refractivity contribution in [3.05, 3.63) is 36.5 Å². The fourth-order valence-electron chi connectivity index (χ4n) is 2.63. The standard InChI is InChI=1S/C16H19N5O2/c1-21-10-13(6-7-15(21)22)19-16(23)18-12-4-2-11(3-5-12)14-8-9-17-20-14/h2-5,8-9,13H,6-7,10H2,1H3,(H,17,20)(H2,18,19,23). The van der Waals surface area contributed by atoms with E-state index in [1.807, 2.05) is 30.3 Å². The molecule has 0 aliphatic carbocycles. The van der Waals surface area contributed by atoms with Crippen LogP contribution in [0.25, 0.3) is 11.3 Å². The van der Waals surface area contributed by atoms with Crippen molar-refractivity contribution in [1.82, 2.24) is 20.4 Å². The van der Waals surface area contributed by atoms with Crippen molar-refractivity contribution in [1.29, 1.82) is 0 Å². The van der Waals surface area contributed by atoms with Crippen LogP contribution in [0.2, 0.25) is 0 Å². The summed E-state index contributed by atoms with van der Waals surface area (Å²) >= 11 is 0. The van der Waals surface area contributed by atoms with Gasteiger partial charge in [-0.15, -0.1) is 0 Å². The summed E-state index contributed by atoms with van der Waals surface area (Å²) in [5, 5.41) is 12.5. The zero-order valence-corrected chi connectivity index (χ0v) is 12.9. The third kappa shape index (κ3) is 3.68. The Hall–Kier alpha value is -2.83. The number of rotatable bonds is 3. The minimum Gasteiger partial charge on any atom is -0.344 e. The lowest BCUT2D eigenvalue weighted by atomic mass is 10.1. The van der Waals surface area contributed by atoms with E-state index in [4.69, 9.17) is 0 Å². The lowest BCUT2D eigenvalue weighted by molar-refractivity contribution is -0.132. The maximum Gasteiger partial charge on any atom is 0.319 e. The third-order valence-corrected chi connectivity index (χ3v) is 3.92. The monoisotopic (exact) mass is 313 g/mol. The molecule has 1 aliphatic rings. The summed E-state index contributed by atoms with van der Waals surface area (Å²) in [5.41, 5.74) is 2.64. The SMILES string of the molecule is CN1CC(NC(=O)Nc2ccc(-c3ccn[nH]3)cc2)CCC1=O. The summed E-state index contributed by atoms with van der Waals surface area (Å²) in [6.45, 7) is 0.547. The number of carbonyl (C=O) groups excluding carboxylic acids is 2. The topological polar surface area (TPSA) is 90.1 Å². The molecule has 7 heteroatoms. The Morgan fingerprint density at radius 1 is 1.30 bits per heavy atom. The van der Waals surface area contributed by atoms with Gasteiger partial charge in [-0.1, -0.05) is 12.1 Å². The van der Waals surface area contributed by atoms with Crippen molar-refractivity contribution in [2.75, 3.05) is 18.9 Å². The third-order valence-electron chi connectivity index (χ3n) is 3.92. The molecule has 120 valence electrons. The Kier molecular flexibility index (Phi) is 4.27. The molecule has 1 atom stereocenters. The molecule has 2 heterocycles. The lowest BCUT2D eigenvalue weighted by Crippen LogP contribution is -2.49. The van der Waals surface area contributed by atoms with Gasteiger partial charge in [0.05, 0.1) is 5.69 Å². The molecular weight excluding hydrogens is 294 g/mol. The molecule has 1 aliphatic heterocycles. The zero-order valence-electron chi connectivity index (χ0n) is 12.9. The van der Waals surface area contributed by atoms with Crippen LogP contribution in [0.15, 0.2) is 36.5 Å². The van der Waals surface area contributed by atoms with Gasteiger partial charge in [-0.2, -0.15) is 5.10 Å². The first-order valence-electron chi connectivity index (χ1n) is 7.53. The molecular formula is C16H19N5O2. The first-order chi connectivity index (χ1) is 11.1. The molecule has 1 unspecified atom stereocenters. The Labute approximate surface area is 134 Å². The van der Waals surface area contributed by atoms with Gasteiger partial charge < -0.3 is 15.5 Å². The van der Waals surface area contributed by atoms with Gasteiger partial charge >= 0.3 is 6.03 Å². The highest BCUT2D eigenvalue weighted by Gasteiger charge is 2.23. The zero-order chi connectivity index (χ0) is 16.2. The van der Waals surface area contributed by atoms with E-state index in [1.54, 1.807) is 18.1 Å². The number of anilines is 1. The second-order valence-corrected chi connectivity index (χ2v) is 5.66. The Morgan fingerprint density at radius 2 is 2.09 bits per heavy atom. The van der Waals surface area contributed by atoms with Crippen molar-refractivity contribution in [3.8, 4) is 11.3 Å². The van der Waals surface area contributed by atoms with Gasteiger partial charge in [0.1, 0.15) is 0 Å². The number of carbonyl (C=O) groups is 2. The van der Waals surface area contributed by atoms with Crippen molar-refractivity contribution in [2.24, 2.45) is 0 Å². The molecule has 1 aromatic heterocycles. The van der Waals surface area contributed by atoms with E-state index in [1.165, 1.54) is 0 Å².